The number of hydrogen-bond donors (Lipinski definition) is 3. The lowest BCUT2D eigenvalue weighted by Crippen LogP contribution is -2.23. The molecule has 0 saturated carbocycles. The Hall–Kier alpha value is -4.07. The molecule has 4 rings (SSSR count). The summed E-state index contributed by atoms with van der Waals surface area (Å²) in [5.74, 6) is -0.735. The van der Waals surface area contributed by atoms with Gasteiger partial charge in [-0.3, -0.25) is 9.59 Å². The Labute approximate surface area is 189 Å². The summed E-state index contributed by atoms with van der Waals surface area (Å²) in [6, 6.07) is 12.4. The monoisotopic (exact) mass is 450 g/mol. The highest BCUT2D eigenvalue weighted by Crippen LogP contribution is 2.40. The van der Waals surface area contributed by atoms with Gasteiger partial charge in [0.05, 0.1) is 24.8 Å². The molecule has 0 aromatic heterocycles. The summed E-state index contributed by atoms with van der Waals surface area (Å²) >= 11 is 0. The zero-order valence-electron chi connectivity index (χ0n) is 18.0. The molecule has 1 heterocycles. The Bertz CT molecular complexity index is 1240. The van der Waals surface area contributed by atoms with E-state index in [2.05, 4.69) is 5.32 Å². The molecule has 170 valence electrons. The van der Waals surface area contributed by atoms with E-state index in [0.29, 0.717) is 41.2 Å². The minimum absolute atomic E-state index is 0.0887. The largest absolute Gasteiger partial charge is 0.508 e. The molecule has 0 aliphatic carbocycles. The van der Waals surface area contributed by atoms with E-state index in [9.17, 15) is 19.1 Å². The van der Waals surface area contributed by atoms with Crippen molar-refractivity contribution in [3.63, 3.8) is 0 Å². The SMILES string of the molecule is COc1c(C(N)=O)cc(Cc2ccc(C(=O)NCc3cccc(O)c3)c(F)c2)c2c1CCO2. The molecule has 2 amide bonds. The lowest BCUT2D eigenvalue weighted by atomic mass is 9.96. The van der Waals surface area contributed by atoms with Crippen LogP contribution in [-0.4, -0.2) is 30.6 Å². The molecule has 7 nitrogen and oxygen atoms in total. The van der Waals surface area contributed by atoms with Crippen molar-refractivity contribution >= 4 is 11.8 Å². The summed E-state index contributed by atoms with van der Waals surface area (Å²) in [4.78, 5) is 24.4. The van der Waals surface area contributed by atoms with Crippen LogP contribution in [0.1, 0.15) is 43.0 Å². The number of nitrogens with one attached hydrogen (secondary N) is 1. The average molecular weight is 450 g/mol. The van der Waals surface area contributed by atoms with Crippen molar-refractivity contribution < 1.29 is 28.6 Å². The van der Waals surface area contributed by atoms with Crippen LogP contribution in [-0.2, 0) is 19.4 Å². The maximum Gasteiger partial charge on any atom is 0.254 e. The van der Waals surface area contributed by atoms with E-state index >= 15 is 0 Å². The smallest absolute Gasteiger partial charge is 0.254 e. The normalized spacial score (nSPS) is 12.1. The molecule has 8 heteroatoms. The van der Waals surface area contributed by atoms with Crippen molar-refractivity contribution in [2.75, 3.05) is 13.7 Å². The van der Waals surface area contributed by atoms with Crippen LogP contribution >= 0.6 is 0 Å². The molecule has 3 aromatic carbocycles. The Balaban J connectivity index is 1.54. The summed E-state index contributed by atoms with van der Waals surface area (Å²) in [6.45, 7) is 0.604. The van der Waals surface area contributed by atoms with Gasteiger partial charge in [-0.25, -0.2) is 4.39 Å². The van der Waals surface area contributed by atoms with Gasteiger partial charge in [0, 0.05) is 24.9 Å². The number of hydrogen-bond acceptors (Lipinski definition) is 5. The fraction of sp³-hybridized carbons (Fsp3) is 0.200. The molecule has 1 aliphatic rings. The summed E-state index contributed by atoms with van der Waals surface area (Å²) in [7, 11) is 1.47. The van der Waals surface area contributed by atoms with Gasteiger partial charge in [0.15, 0.2) is 0 Å². The van der Waals surface area contributed by atoms with E-state index < -0.39 is 17.6 Å². The van der Waals surface area contributed by atoms with Crippen LogP contribution in [0.25, 0.3) is 0 Å². The number of fused-ring (bicyclic) bond motifs is 1. The zero-order valence-corrected chi connectivity index (χ0v) is 18.0. The Morgan fingerprint density at radius 3 is 2.67 bits per heavy atom. The van der Waals surface area contributed by atoms with Gasteiger partial charge < -0.3 is 25.6 Å². The van der Waals surface area contributed by atoms with Gasteiger partial charge in [0.1, 0.15) is 23.1 Å². The number of carbonyl (C=O) groups excluding carboxylic acids is 2. The predicted molar refractivity (Wildman–Crippen MR) is 119 cm³/mol. The quantitative estimate of drug-likeness (QED) is 0.512. The minimum Gasteiger partial charge on any atom is -0.508 e. The topological polar surface area (TPSA) is 111 Å². The van der Waals surface area contributed by atoms with Gasteiger partial charge in [-0.15, -0.1) is 0 Å². The molecule has 0 radical (unpaired) electrons. The van der Waals surface area contributed by atoms with E-state index in [1.54, 1.807) is 24.3 Å². The molecule has 0 spiro atoms. The van der Waals surface area contributed by atoms with Gasteiger partial charge in [0.25, 0.3) is 11.8 Å². The second-order valence-corrected chi connectivity index (χ2v) is 7.73. The minimum atomic E-state index is -0.665. The number of benzene rings is 3. The van der Waals surface area contributed by atoms with Crippen LogP contribution in [0, 0.1) is 5.82 Å². The number of phenolic OH excluding ortho intramolecular Hbond substituents is 1. The maximum absolute atomic E-state index is 14.8. The number of methoxy groups -OCH3 is 1. The molecule has 0 atom stereocenters. The molecule has 3 aromatic rings. The summed E-state index contributed by atoms with van der Waals surface area (Å²) in [5.41, 5.74) is 8.45. The summed E-state index contributed by atoms with van der Waals surface area (Å²) in [5, 5.41) is 12.2. The van der Waals surface area contributed by atoms with Crippen molar-refractivity contribution in [1.82, 2.24) is 5.32 Å². The standard InChI is InChI=1S/C25H23FN2O5/c1-32-23-19-7-8-33-22(19)16(12-20(23)24(27)30)9-14-5-6-18(21(26)11-14)25(31)28-13-15-3-2-4-17(29)10-15/h2-6,10-12,29H,7-9,13H2,1H3,(H2,27,30)(H,28,31). The number of ether oxygens (including phenoxy) is 2. The number of rotatable bonds is 7. The molecule has 0 fully saturated rings. The van der Waals surface area contributed by atoms with E-state index in [-0.39, 0.29) is 29.8 Å². The molecule has 0 saturated heterocycles. The van der Waals surface area contributed by atoms with Crippen molar-refractivity contribution in [2.24, 2.45) is 5.73 Å². The first-order valence-electron chi connectivity index (χ1n) is 10.4. The number of primary amides is 1. The number of carbonyl (C=O) groups is 2. The summed E-state index contributed by atoms with van der Waals surface area (Å²) < 4.78 is 25.9. The van der Waals surface area contributed by atoms with Crippen molar-refractivity contribution in [1.29, 1.82) is 0 Å². The van der Waals surface area contributed by atoms with Crippen LogP contribution < -0.4 is 20.5 Å². The molecule has 33 heavy (non-hydrogen) atoms. The Morgan fingerprint density at radius 2 is 1.97 bits per heavy atom. The molecule has 1 aliphatic heterocycles. The fourth-order valence-corrected chi connectivity index (χ4v) is 3.99. The Morgan fingerprint density at radius 1 is 1.15 bits per heavy atom. The predicted octanol–water partition coefficient (Wildman–Crippen LogP) is 3.09. The van der Waals surface area contributed by atoms with Crippen LogP contribution in [0.5, 0.6) is 17.2 Å². The first-order valence-corrected chi connectivity index (χ1v) is 10.4. The van der Waals surface area contributed by atoms with Gasteiger partial charge >= 0.3 is 0 Å². The molecule has 4 N–H and O–H groups in total. The van der Waals surface area contributed by atoms with Crippen LogP contribution in [0.4, 0.5) is 4.39 Å². The second kappa shape index (κ2) is 9.20. The number of amides is 2. The van der Waals surface area contributed by atoms with E-state index in [1.807, 2.05) is 0 Å². The third kappa shape index (κ3) is 4.59. The second-order valence-electron chi connectivity index (χ2n) is 7.73. The van der Waals surface area contributed by atoms with Gasteiger partial charge in [0.2, 0.25) is 0 Å². The number of nitrogens with two attached hydrogens (primary N) is 1. The highest BCUT2D eigenvalue weighted by atomic mass is 19.1. The molecule has 0 bridgehead atoms. The molecule has 0 unspecified atom stereocenters. The van der Waals surface area contributed by atoms with Crippen molar-refractivity contribution in [3.05, 3.63) is 87.7 Å². The van der Waals surface area contributed by atoms with Gasteiger partial charge in [-0.2, -0.15) is 0 Å². The van der Waals surface area contributed by atoms with E-state index in [4.69, 9.17) is 15.2 Å². The zero-order chi connectivity index (χ0) is 23.5. The van der Waals surface area contributed by atoms with Crippen LogP contribution in [0.3, 0.4) is 0 Å². The van der Waals surface area contributed by atoms with Gasteiger partial charge in [-0.1, -0.05) is 18.2 Å². The highest BCUT2D eigenvalue weighted by molar-refractivity contribution is 5.97. The van der Waals surface area contributed by atoms with Crippen LogP contribution in [0.15, 0.2) is 48.5 Å². The van der Waals surface area contributed by atoms with Crippen molar-refractivity contribution in [2.45, 2.75) is 19.4 Å². The van der Waals surface area contributed by atoms with E-state index in [1.165, 1.54) is 31.4 Å². The van der Waals surface area contributed by atoms with Crippen molar-refractivity contribution in [3.8, 4) is 17.2 Å². The lowest BCUT2D eigenvalue weighted by molar-refractivity contribution is 0.0945. The van der Waals surface area contributed by atoms with Gasteiger partial charge in [-0.05, 0) is 47.0 Å². The number of phenols is 1. The van der Waals surface area contributed by atoms with E-state index in [0.717, 1.165) is 5.56 Å². The molecular formula is C25H23FN2O5. The first-order chi connectivity index (χ1) is 15.9. The average Bonchev–Trinajstić information content (AvgIpc) is 3.27. The highest BCUT2D eigenvalue weighted by Gasteiger charge is 2.26. The summed E-state index contributed by atoms with van der Waals surface area (Å²) in [6.07, 6.45) is 0.869. The van der Waals surface area contributed by atoms with Crippen LogP contribution in [0.2, 0.25) is 0 Å². The maximum atomic E-state index is 14.8. The number of aromatic hydroxyl groups is 1. The first kappa shape index (κ1) is 22.1. The third-order valence-corrected chi connectivity index (χ3v) is 5.51. The fourth-order valence-electron chi connectivity index (χ4n) is 3.99. The molecular weight excluding hydrogens is 427 g/mol. The Kier molecular flexibility index (Phi) is 6.17. The lowest BCUT2D eigenvalue weighted by Gasteiger charge is -2.15. The third-order valence-electron chi connectivity index (χ3n) is 5.51. The number of halogens is 1.